The first-order valence-corrected chi connectivity index (χ1v) is 7.10. The van der Waals surface area contributed by atoms with Crippen LogP contribution in [0.4, 0.5) is 18.9 Å². The fourth-order valence-electron chi connectivity index (χ4n) is 2.42. The summed E-state index contributed by atoms with van der Waals surface area (Å²) in [6.45, 7) is 3.85. The van der Waals surface area contributed by atoms with Crippen LogP contribution in [0.2, 0.25) is 0 Å². The zero-order valence-electron chi connectivity index (χ0n) is 12.5. The molecule has 1 aliphatic heterocycles. The summed E-state index contributed by atoms with van der Waals surface area (Å²) in [6, 6.07) is 8.24. The van der Waals surface area contributed by atoms with E-state index in [1.54, 1.807) is 0 Å². The molecule has 1 aliphatic rings. The Bertz CT molecular complexity index is 758. The number of carbonyl (C=O) groups is 1. The number of alkyl halides is 3. The lowest BCUT2D eigenvalue weighted by molar-refractivity contribution is -0.192. The standard InChI is InChI=1S/C13H14N4.C2HF3O2/c14-9-11-2-1-10-3-4-16-12(10)13(11)17-7-5-15-6-8-17;3-2(4,5)1(6)7/h1-4,15-16H,5-8H2;(H,6,7). The van der Waals surface area contributed by atoms with E-state index in [9.17, 15) is 18.4 Å². The number of nitrogens with zero attached hydrogens (tertiary/aromatic N) is 2. The minimum absolute atomic E-state index is 0.752. The molecule has 0 spiro atoms. The minimum Gasteiger partial charge on any atom is -0.475 e. The molecule has 0 amide bonds. The van der Waals surface area contributed by atoms with E-state index in [-0.39, 0.29) is 0 Å². The SMILES string of the molecule is N#Cc1ccc2cc[nH]c2c1N1CCNCC1.O=C(O)C(F)(F)F. The Labute approximate surface area is 135 Å². The van der Waals surface area contributed by atoms with Gasteiger partial charge in [-0.2, -0.15) is 18.4 Å². The summed E-state index contributed by atoms with van der Waals surface area (Å²) >= 11 is 0. The number of benzene rings is 1. The molecule has 0 aliphatic carbocycles. The fourth-order valence-corrected chi connectivity index (χ4v) is 2.42. The normalized spacial score (nSPS) is 14.7. The lowest BCUT2D eigenvalue weighted by atomic mass is 10.1. The smallest absolute Gasteiger partial charge is 0.475 e. The van der Waals surface area contributed by atoms with Gasteiger partial charge in [-0.25, -0.2) is 4.79 Å². The van der Waals surface area contributed by atoms with E-state index in [1.165, 1.54) is 0 Å². The molecule has 1 aromatic carbocycles. The van der Waals surface area contributed by atoms with Crippen molar-refractivity contribution in [1.29, 1.82) is 5.26 Å². The molecule has 3 rings (SSSR count). The number of hydrogen-bond donors (Lipinski definition) is 3. The van der Waals surface area contributed by atoms with Gasteiger partial charge in [0.2, 0.25) is 0 Å². The monoisotopic (exact) mass is 340 g/mol. The summed E-state index contributed by atoms with van der Waals surface area (Å²) in [7, 11) is 0. The van der Waals surface area contributed by atoms with Crippen molar-refractivity contribution in [2.45, 2.75) is 6.18 Å². The molecule has 2 aromatic rings. The molecular weight excluding hydrogens is 325 g/mol. The number of H-pyrrole nitrogens is 1. The highest BCUT2D eigenvalue weighted by Crippen LogP contribution is 2.29. The molecule has 1 fully saturated rings. The Kier molecular flexibility index (Phi) is 5.31. The Morgan fingerprint density at radius 3 is 2.42 bits per heavy atom. The van der Waals surface area contributed by atoms with Crippen LogP contribution < -0.4 is 10.2 Å². The van der Waals surface area contributed by atoms with Crippen molar-refractivity contribution in [1.82, 2.24) is 10.3 Å². The second-order valence-electron chi connectivity index (χ2n) is 5.06. The number of anilines is 1. The zero-order valence-corrected chi connectivity index (χ0v) is 12.5. The molecule has 3 N–H and O–H groups in total. The number of carboxylic acid groups (broad SMARTS) is 1. The summed E-state index contributed by atoms with van der Waals surface area (Å²) in [4.78, 5) is 14.4. The van der Waals surface area contributed by atoms with E-state index in [2.05, 4.69) is 21.3 Å². The maximum atomic E-state index is 10.6. The van der Waals surface area contributed by atoms with Crippen molar-refractivity contribution in [3.05, 3.63) is 30.0 Å². The molecule has 128 valence electrons. The number of carboxylic acids is 1. The van der Waals surface area contributed by atoms with Gasteiger partial charge in [-0.1, -0.05) is 6.07 Å². The van der Waals surface area contributed by atoms with Crippen molar-refractivity contribution < 1.29 is 23.1 Å². The molecule has 9 heteroatoms. The molecule has 24 heavy (non-hydrogen) atoms. The average molecular weight is 340 g/mol. The number of nitriles is 1. The molecule has 1 saturated heterocycles. The van der Waals surface area contributed by atoms with E-state index in [1.807, 2.05) is 24.4 Å². The molecule has 0 radical (unpaired) electrons. The molecule has 2 heterocycles. The first-order chi connectivity index (χ1) is 11.3. The van der Waals surface area contributed by atoms with E-state index < -0.39 is 12.1 Å². The predicted molar refractivity (Wildman–Crippen MR) is 81.8 cm³/mol. The van der Waals surface area contributed by atoms with Crippen molar-refractivity contribution in [3.63, 3.8) is 0 Å². The molecular formula is C15H15F3N4O2. The van der Waals surface area contributed by atoms with E-state index >= 15 is 0 Å². The Morgan fingerprint density at radius 1 is 1.25 bits per heavy atom. The highest BCUT2D eigenvalue weighted by atomic mass is 19.4. The second kappa shape index (κ2) is 7.23. The van der Waals surface area contributed by atoms with Gasteiger partial charge in [0.1, 0.15) is 6.07 Å². The number of aromatic nitrogens is 1. The van der Waals surface area contributed by atoms with Gasteiger partial charge in [0.25, 0.3) is 0 Å². The van der Waals surface area contributed by atoms with Crippen LogP contribution in [0.5, 0.6) is 0 Å². The maximum absolute atomic E-state index is 10.6. The fraction of sp³-hybridized carbons (Fsp3) is 0.333. The molecule has 0 bridgehead atoms. The number of nitrogens with one attached hydrogen (secondary N) is 2. The van der Waals surface area contributed by atoms with Crippen molar-refractivity contribution in [3.8, 4) is 6.07 Å². The highest BCUT2D eigenvalue weighted by molar-refractivity contribution is 5.94. The van der Waals surface area contributed by atoms with Crippen LogP contribution in [0.3, 0.4) is 0 Å². The lowest BCUT2D eigenvalue weighted by Gasteiger charge is -2.30. The van der Waals surface area contributed by atoms with Gasteiger partial charge in [0.05, 0.1) is 16.8 Å². The van der Waals surface area contributed by atoms with Crippen LogP contribution in [-0.2, 0) is 4.79 Å². The van der Waals surface area contributed by atoms with Gasteiger partial charge in [-0.3, -0.25) is 0 Å². The van der Waals surface area contributed by atoms with Gasteiger partial charge in [-0.05, 0) is 12.1 Å². The summed E-state index contributed by atoms with van der Waals surface area (Å²) < 4.78 is 31.7. The van der Waals surface area contributed by atoms with Gasteiger partial charge in [0.15, 0.2) is 0 Å². The number of aromatic amines is 1. The van der Waals surface area contributed by atoms with Crippen LogP contribution in [0.1, 0.15) is 5.56 Å². The summed E-state index contributed by atoms with van der Waals surface area (Å²) in [5.41, 5.74) is 2.88. The third kappa shape index (κ3) is 3.97. The third-order valence-electron chi connectivity index (χ3n) is 3.50. The molecule has 6 nitrogen and oxygen atoms in total. The topological polar surface area (TPSA) is 92.2 Å². The van der Waals surface area contributed by atoms with Gasteiger partial charge < -0.3 is 20.3 Å². The number of halogens is 3. The van der Waals surface area contributed by atoms with Gasteiger partial charge in [0, 0.05) is 37.8 Å². The quantitative estimate of drug-likeness (QED) is 0.739. The van der Waals surface area contributed by atoms with Crippen molar-refractivity contribution in [2.24, 2.45) is 0 Å². The molecule has 1 aromatic heterocycles. The number of hydrogen-bond acceptors (Lipinski definition) is 4. The van der Waals surface area contributed by atoms with E-state index in [0.717, 1.165) is 48.3 Å². The maximum Gasteiger partial charge on any atom is 0.490 e. The highest BCUT2D eigenvalue weighted by Gasteiger charge is 2.38. The first-order valence-electron chi connectivity index (χ1n) is 7.10. The summed E-state index contributed by atoms with van der Waals surface area (Å²) in [5.74, 6) is -2.76. The number of fused-ring (bicyclic) bond motifs is 1. The largest absolute Gasteiger partial charge is 0.490 e. The van der Waals surface area contributed by atoms with Crippen molar-refractivity contribution in [2.75, 3.05) is 31.1 Å². The second-order valence-corrected chi connectivity index (χ2v) is 5.06. The zero-order chi connectivity index (χ0) is 17.7. The Balaban J connectivity index is 0.000000256. The predicted octanol–water partition coefficient (Wildman–Crippen LogP) is 2.08. The van der Waals surface area contributed by atoms with Crippen LogP contribution in [0.15, 0.2) is 24.4 Å². The third-order valence-corrected chi connectivity index (χ3v) is 3.50. The van der Waals surface area contributed by atoms with Crippen LogP contribution in [0, 0.1) is 11.3 Å². The lowest BCUT2D eigenvalue weighted by Crippen LogP contribution is -2.43. The van der Waals surface area contributed by atoms with Crippen LogP contribution in [-0.4, -0.2) is 48.4 Å². The van der Waals surface area contributed by atoms with E-state index in [0.29, 0.717) is 0 Å². The number of rotatable bonds is 1. The van der Waals surface area contributed by atoms with E-state index in [4.69, 9.17) is 9.90 Å². The average Bonchev–Trinajstić information content (AvgIpc) is 3.02. The minimum atomic E-state index is -5.08. The van der Waals surface area contributed by atoms with Gasteiger partial charge >= 0.3 is 12.1 Å². The first kappa shape index (κ1) is 17.6. The van der Waals surface area contributed by atoms with Crippen LogP contribution >= 0.6 is 0 Å². The number of piperazine rings is 1. The van der Waals surface area contributed by atoms with Crippen molar-refractivity contribution >= 4 is 22.6 Å². The van der Waals surface area contributed by atoms with Crippen LogP contribution in [0.25, 0.3) is 10.9 Å². The summed E-state index contributed by atoms with van der Waals surface area (Å²) in [5, 5.41) is 20.9. The van der Waals surface area contributed by atoms with Gasteiger partial charge in [-0.15, -0.1) is 0 Å². The Hall–Kier alpha value is -2.73. The number of aliphatic carboxylic acids is 1. The molecule has 0 saturated carbocycles. The molecule has 0 atom stereocenters. The Morgan fingerprint density at radius 2 is 1.88 bits per heavy atom. The molecule has 0 unspecified atom stereocenters. The summed E-state index contributed by atoms with van der Waals surface area (Å²) in [6.07, 6.45) is -3.16.